The van der Waals surface area contributed by atoms with Crippen LogP contribution in [0.25, 0.3) is 0 Å². The van der Waals surface area contributed by atoms with Gasteiger partial charge in [-0.05, 0) is 79.1 Å². The maximum absolute atomic E-state index is 14.1. The Balaban J connectivity index is 1.68. The molecule has 2 amide bonds. The summed E-state index contributed by atoms with van der Waals surface area (Å²) in [5.74, 6) is 0.524. The van der Waals surface area contributed by atoms with E-state index in [1.807, 2.05) is 68.4 Å². The Kier molecular flexibility index (Phi) is 11.2. The normalized spacial score (nSPS) is 11.9. The standard InChI is InChI=1S/C34H36BrN3O5S/c1-25(2)22-36-34(40)26(3)37(23-27-11-10-12-28(35)21-27)33(39)24-38(44(41,42)32-15-8-5-9-16-32)29-17-19-31(20-18-29)43-30-13-6-4-7-14-30/h4-21,25-26H,22-24H2,1-3H3,(H,36,40)/t26-/m1/s1. The van der Waals surface area contributed by atoms with Gasteiger partial charge in [0, 0.05) is 17.6 Å². The lowest BCUT2D eigenvalue weighted by Crippen LogP contribution is -2.51. The number of sulfonamides is 1. The third-order valence-corrected chi connectivity index (χ3v) is 9.09. The first-order valence-electron chi connectivity index (χ1n) is 14.3. The molecule has 8 nitrogen and oxygen atoms in total. The van der Waals surface area contributed by atoms with Gasteiger partial charge in [-0.1, -0.05) is 78.3 Å². The van der Waals surface area contributed by atoms with E-state index in [-0.39, 0.29) is 29.0 Å². The van der Waals surface area contributed by atoms with Crippen molar-refractivity contribution in [3.63, 3.8) is 0 Å². The van der Waals surface area contributed by atoms with Crippen LogP contribution in [0.3, 0.4) is 0 Å². The number of carbonyl (C=O) groups excluding carboxylic acids is 2. The molecule has 0 fully saturated rings. The molecule has 10 heteroatoms. The van der Waals surface area contributed by atoms with E-state index in [9.17, 15) is 18.0 Å². The van der Waals surface area contributed by atoms with Crippen molar-refractivity contribution in [1.82, 2.24) is 10.2 Å². The molecule has 0 aliphatic heterocycles. The zero-order chi connectivity index (χ0) is 31.7. The monoisotopic (exact) mass is 677 g/mol. The largest absolute Gasteiger partial charge is 0.457 e. The van der Waals surface area contributed by atoms with E-state index in [2.05, 4.69) is 21.2 Å². The summed E-state index contributed by atoms with van der Waals surface area (Å²) in [5, 5.41) is 2.89. The predicted octanol–water partition coefficient (Wildman–Crippen LogP) is 6.63. The zero-order valence-corrected chi connectivity index (χ0v) is 27.3. The van der Waals surface area contributed by atoms with Crippen molar-refractivity contribution < 1.29 is 22.7 Å². The molecule has 0 unspecified atom stereocenters. The number of anilines is 1. The highest BCUT2D eigenvalue weighted by Crippen LogP contribution is 2.28. The highest BCUT2D eigenvalue weighted by atomic mass is 79.9. The van der Waals surface area contributed by atoms with Crippen molar-refractivity contribution in [1.29, 1.82) is 0 Å². The maximum atomic E-state index is 14.1. The summed E-state index contributed by atoms with van der Waals surface area (Å²) in [6.45, 7) is 5.66. The molecule has 230 valence electrons. The van der Waals surface area contributed by atoms with Gasteiger partial charge in [-0.25, -0.2) is 8.42 Å². The van der Waals surface area contributed by atoms with Crippen LogP contribution in [0.5, 0.6) is 11.5 Å². The van der Waals surface area contributed by atoms with Crippen molar-refractivity contribution in [2.45, 2.75) is 38.3 Å². The van der Waals surface area contributed by atoms with Gasteiger partial charge in [0.25, 0.3) is 10.0 Å². The summed E-state index contributed by atoms with van der Waals surface area (Å²) in [5.41, 5.74) is 1.07. The number of benzene rings is 4. The van der Waals surface area contributed by atoms with Crippen molar-refractivity contribution in [3.8, 4) is 11.5 Å². The summed E-state index contributed by atoms with van der Waals surface area (Å²) in [7, 11) is -4.16. The Hall–Kier alpha value is -4.15. The lowest BCUT2D eigenvalue weighted by Gasteiger charge is -2.32. The molecule has 4 aromatic carbocycles. The molecule has 0 saturated carbocycles. The van der Waals surface area contributed by atoms with Crippen molar-refractivity contribution >= 4 is 43.5 Å². The Bertz CT molecular complexity index is 1650. The number of para-hydroxylation sites is 1. The second kappa shape index (κ2) is 15.0. The molecule has 0 aliphatic rings. The number of nitrogens with one attached hydrogen (secondary N) is 1. The van der Waals surface area contributed by atoms with Gasteiger partial charge in [-0.2, -0.15) is 0 Å². The average molecular weight is 679 g/mol. The second-order valence-corrected chi connectivity index (χ2v) is 13.5. The van der Waals surface area contributed by atoms with E-state index in [1.165, 1.54) is 17.0 Å². The Morgan fingerprint density at radius 1 is 0.818 bits per heavy atom. The fraction of sp³-hybridized carbons (Fsp3) is 0.235. The third kappa shape index (κ3) is 8.70. The number of amides is 2. The van der Waals surface area contributed by atoms with Crippen LogP contribution < -0.4 is 14.4 Å². The summed E-state index contributed by atoms with van der Waals surface area (Å²) in [6, 6.07) is 30.3. The van der Waals surface area contributed by atoms with E-state index in [4.69, 9.17) is 4.74 Å². The first-order chi connectivity index (χ1) is 21.0. The van der Waals surface area contributed by atoms with E-state index in [1.54, 1.807) is 49.4 Å². The van der Waals surface area contributed by atoms with Crippen LogP contribution in [-0.2, 0) is 26.2 Å². The number of rotatable bonds is 13. The minimum Gasteiger partial charge on any atom is -0.457 e. The highest BCUT2D eigenvalue weighted by Gasteiger charge is 2.32. The molecule has 4 aromatic rings. The van der Waals surface area contributed by atoms with E-state index in [0.717, 1.165) is 14.3 Å². The Morgan fingerprint density at radius 2 is 1.43 bits per heavy atom. The molecule has 1 N–H and O–H groups in total. The minimum absolute atomic E-state index is 0.0404. The molecule has 44 heavy (non-hydrogen) atoms. The molecule has 0 heterocycles. The molecule has 0 bridgehead atoms. The molecule has 0 saturated heterocycles. The van der Waals surface area contributed by atoms with Crippen molar-refractivity contribution in [2.75, 3.05) is 17.4 Å². The first-order valence-corrected chi connectivity index (χ1v) is 16.5. The maximum Gasteiger partial charge on any atom is 0.264 e. The molecule has 0 spiro atoms. The number of carbonyl (C=O) groups is 2. The quantitative estimate of drug-likeness (QED) is 0.171. The molecule has 0 aromatic heterocycles. The van der Waals surface area contributed by atoms with E-state index >= 15 is 0 Å². The second-order valence-electron chi connectivity index (χ2n) is 10.7. The molecule has 4 rings (SSSR count). The Morgan fingerprint density at radius 3 is 2.05 bits per heavy atom. The van der Waals surface area contributed by atoms with Crippen LogP contribution in [0.4, 0.5) is 5.69 Å². The van der Waals surface area contributed by atoms with Crippen LogP contribution >= 0.6 is 15.9 Å². The van der Waals surface area contributed by atoms with Crippen LogP contribution in [-0.4, -0.2) is 44.3 Å². The van der Waals surface area contributed by atoms with Gasteiger partial charge in [0.05, 0.1) is 10.6 Å². The van der Waals surface area contributed by atoms with Crippen LogP contribution in [0.2, 0.25) is 0 Å². The molecule has 1 atom stereocenters. The topological polar surface area (TPSA) is 96.0 Å². The first kappa shape index (κ1) is 32.8. The summed E-state index contributed by atoms with van der Waals surface area (Å²) < 4.78 is 35.8. The van der Waals surface area contributed by atoms with Crippen molar-refractivity contribution in [3.05, 3.63) is 119 Å². The van der Waals surface area contributed by atoms with Crippen LogP contribution in [0.1, 0.15) is 26.3 Å². The van der Waals surface area contributed by atoms with Crippen molar-refractivity contribution in [2.24, 2.45) is 5.92 Å². The average Bonchev–Trinajstić information content (AvgIpc) is 3.02. The van der Waals surface area contributed by atoms with Gasteiger partial charge >= 0.3 is 0 Å². The van der Waals surface area contributed by atoms with Gasteiger partial charge in [0.1, 0.15) is 24.1 Å². The molecule has 0 radical (unpaired) electrons. The fourth-order valence-electron chi connectivity index (χ4n) is 4.42. The lowest BCUT2D eigenvalue weighted by atomic mass is 10.1. The molecular formula is C34H36BrN3O5S. The minimum atomic E-state index is -4.16. The summed E-state index contributed by atoms with van der Waals surface area (Å²) in [4.78, 5) is 28.7. The van der Waals surface area contributed by atoms with Crippen LogP contribution in [0, 0.1) is 5.92 Å². The van der Waals surface area contributed by atoms with Gasteiger partial charge in [-0.3, -0.25) is 13.9 Å². The van der Waals surface area contributed by atoms with Gasteiger partial charge < -0.3 is 15.0 Å². The number of halogens is 1. The van der Waals surface area contributed by atoms with E-state index < -0.39 is 28.5 Å². The predicted molar refractivity (Wildman–Crippen MR) is 176 cm³/mol. The Labute approximate surface area is 267 Å². The number of ether oxygens (including phenoxy) is 1. The van der Waals surface area contributed by atoms with Crippen LogP contribution in [0.15, 0.2) is 119 Å². The molecule has 0 aliphatic carbocycles. The van der Waals surface area contributed by atoms with Gasteiger partial charge in [0.2, 0.25) is 11.8 Å². The van der Waals surface area contributed by atoms with Gasteiger partial charge in [0.15, 0.2) is 0 Å². The SMILES string of the molecule is CC(C)CNC(=O)[C@@H](C)N(Cc1cccc(Br)c1)C(=O)CN(c1ccc(Oc2ccccc2)cc1)S(=O)(=O)c1ccccc1. The summed E-state index contributed by atoms with van der Waals surface area (Å²) >= 11 is 3.46. The fourth-order valence-corrected chi connectivity index (χ4v) is 6.30. The van der Waals surface area contributed by atoms with Gasteiger partial charge in [-0.15, -0.1) is 0 Å². The van der Waals surface area contributed by atoms with E-state index in [0.29, 0.717) is 18.0 Å². The number of hydrogen-bond donors (Lipinski definition) is 1. The smallest absolute Gasteiger partial charge is 0.264 e. The molecular weight excluding hydrogens is 642 g/mol. The lowest BCUT2D eigenvalue weighted by molar-refractivity contribution is -0.139. The summed E-state index contributed by atoms with van der Waals surface area (Å²) in [6.07, 6.45) is 0. The highest BCUT2D eigenvalue weighted by molar-refractivity contribution is 9.10. The number of nitrogens with zero attached hydrogens (tertiary/aromatic N) is 2. The number of hydrogen-bond acceptors (Lipinski definition) is 5. The third-order valence-electron chi connectivity index (χ3n) is 6.81. The zero-order valence-electron chi connectivity index (χ0n) is 24.9.